The average molecular weight is 354 g/mol. The van der Waals surface area contributed by atoms with Crippen molar-refractivity contribution in [3.8, 4) is 11.4 Å². The number of aromatic nitrogens is 2. The van der Waals surface area contributed by atoms with Gasteiger partial charge in [-0.15, -0.1) is 0 Å². The van der Waals surface area contributed by atoms with Gasteiger partial charge in [0.25, 0.3) is 5.91 Å². The highest BCUT2D eigenvalue weighted by atomic mass is 19.1. The molecule has 0 saturated heterocycles. The summed E-state index contributed by atoms with van der Waals surface area (Å²) < 4.78 is 18.0. The predicted molar refractivity (Wildman–Crippen MR) is 90.8 cm³/mol. The summed E-state index contributed by atoms with van der Waals surface area (Å²) in [7, 11) is 0. The Morgan fingerprint density at radius 2 is 1.69 bits per heavy atom. The SMILES string of the molecule is O=C(NCCNC(=O)c1nc(-c2ccccc2)no1)c1cccc(F)c1. The van der Waals surface area contributed by atoms with E-state index >= 15 is 0 Å². The second kappa shape index (κ2) is 8.02. The van der Waals surface area contributed by atoms with Crippen molar-refractivity contribution in [2.75, 3.05) is 13.1 Å². The van der Waals surface area contributed by atoms with Crippen LogP contribution < -0.4 is 10.6 Å². The normalized spacial score (nSPS) is 10.3. The summed E-state index contributed by atoms with van der Waals surface area (Å²) >= 11 is 0. The first-order valence-electron chi connectivity index (χ1n) is 7.84. The molecule has 3 rings (SSSR count). The molecule has 0 saturated carbocycles. The van der Waals surface area contributed by atoms with Crippen LogP contribution in [-0.2, 0) is 0 Å². The number of amides is 2. The highest BCUT2D eigenvalue weighted by molar-refractivity contribution is 5.94. The van der Waals surface area contributed by atoms with E-state index in [1.807, 2.05) is 18.2 Å². The maximum atomic E-state index is 13.1. The zero-order valence-electron chi connectivity index (χ0n) is 13.6. The Hall–Kier alpha value is -3.55. The molecule has 1 aromatic heterocycles. The maximum absolute atomic E-state index is 13.1. The van der Waals surface area contributed by atoms with E-state index in [0.717, 1.165) is 11.6 Å². The van der Waals surface area contributed by atoms with Crippen LogP contribution in [0, 0.1) is 5.82 Å². The van der Waals surface area contributed by atoms with E-state index in [1.54, 1.807) is 12.1 Å². The molecule has 0 unspecified atom stereocenters. The van der Waals surface area contributed by atoms with Crippen LogP contribution in [0.25, 0.3) is 11.4 Å². The Bertz CT molecular complexity index is 912. The Morgan fingerprint density at radius 1 is 0.962 bits per heavy atom. The monoisotopic (exact) mass is 354 g/mol. The number of rotatable bonds is 6. The lowest BCUT2D eigenvalue weighted by Crippen LogP contribution is -2.34. The first kappa shape index (κ1) is 17.3. The molecule has 26 heavy (non-hydrogen) atoms. The summed E-state index contributed by atoms with van der Waals surface area (Å²) in [6.45, 7) is 0.323. The molecule has 0 spiro atoms. The van der Waals surface area contributed by atoms with Crippen LogP contribution in [0.3, 0.4) is 0 Å². The third kappa shape index (κ3) is 4.29. The number of nitrogens with zero attached hydrogens (tertiary/aromatic N) is 2. The van der Waals surface area contributed by atoms with Gasteiger partial charge in [0, 0.05) is 24.2 Å². The number of nitrogens with one attached hydrogen (secondary N) is 2. The minimum Gasteiger partial charge on any atom is -0.350 e. The van der Waals surface area contributed by atoms with E-state index in [9.17, 15) is 14.0 Å². The minimum atomic E-state index is -0.542. The fourth-order valence-electron chi connectivity index (χ4n) is 2.18. The van der Waals surface area contributed by atoms with E-state index in [1.165, 1.54) is 18.2 Å². The highest BCUT2D eigenvalue weighted by Crippen LogP contribution is 2.14. The van der Waals surface area contributed by atoms with E-state index in [2.05, 4.69) is 20.8 Å². The van der Waals surface area contributed by atoms with Gasteiger partial charge in [0.15, 0.2) is 0 Å². The Balaban J connectivity index is 1.47. The number of hydrogen-bond donors (Lipinski definition) is 2. The Labute approximate surface area is 148 Å². The van der Waals surface area contributed by atoms with Crippen molar-refractivity contribution in [2.45, 2.75) is 0 Å². The topological polar surface area (TPSA) is 97.1 Å². The molecule has 0 aliphatic heterocycles. The molecule has 0 radical (unpaired) electrons. The number of hydrogen-bond acceptors (Lipinski definition) is 5. The molecule has 3 aromatic rings. The first-order valence-corrected chi connectivity index (χ1v) is 7.84. The summed E-state index contributed by atoms with van der Waals surface area (Å²) in [5, 5.41) is 8.89. The molecular weight excluding hydrogens is 339 g/mol. The summed E-state index contributed by atoms with van der Waals surface area (Å²) in [6, 6.07) is 14.5. The smallest absolute Gasteiger partial charge is 0.316 e. The van der Waals surface area contributed by atoms with E-state index in [-0.39, 0.29) is 24.5 Å². The van der Waals surface area contributed by atoms with Crippen LogP contribution in [0.4, 0.5) is 4.39 Å². The minimum absolute atomic E-state index is 0.156. The first-order chi connectivity index (χ1) is 12.6. The number of benzene rings is 2. The molecular formula is C18H15FN4O3. The van der Waals surface area contributed by atoms with Gasteiger partial charge >= 0.3 is 11.8 Å². The van der Waals surface area contributed by atoms with Crippen molar-refractivity contribution in [2.24, 2.45) is 0 Å². The summed E-state index contributed by atoms with van der Waals surface area (Å²) in [5.41, 5.74) is 0.943. The van der Waals surface area contributed by atoms with Crippen LogP contribution >= 0.6 is 0 Å². The molecule has 1 heterocycles. The van der Waals surface area contributed by atoms with Gasteiger partial charge < -0.3 is 15.2 Å². The predicted octanol–water partition coefficient (Wildman–Crippen LogP) is 2.04. The van der Waals surface area contributed by atoms with Crippen LogP contribution in [0.1, 0.15) is 21.0 Å². The molecule has 0 aliphatic carbocycles. The number of carbonyl (C=O) groups is 2. The number of halogens is 1. The third-order valence-corrected chi connectivity index (χ3v) is 3.44. The van der Waals surface area contributed by atoms with Crippen molar-refractivity contribution in [1.29, 1.82) is 0 Å². The molecule has 0 fully saturated rings. The Morgan fingerprint density at radius 3 is 2.42 bits per heavy atom. The van der Waals surface area contributed by atoms with Crippen LogP contribution in [0.15, 0.2) is 59.1 Å². The maximum Gasteiger partial charge on any atom is 0.316 e. The lowest BCUT2D eigenvalue weighted by molar-refractivity contribution is 0.0898. The van der Waals surface area contributed by atoms with Gasteiger partial charge in [-0.3, -0.25) is 9.59 Å². The number of carbonyl (C=O) groups excluding carboxylic acids is 2. The van der Waals surface area contributed by atoms with Gasteiger partial charge in [0.1, 0.15) is 5.82 Å². The van der Waals surface area contributed by atoms with Gasteiger partial charge in [0.05, 0.1) is 0 Å². The standard InChI is InChI=1S/C18H15FN4O3/c19-14-8-4-7-13(11-14)16(24)20-9-10-21-17(25)18-22-15(23-26-18)12-5-2-1-3-6-12/h1-8,11H,9-10H2,(H,20,24)(H,21,25). The zero-order valence-corrected chi connectivity index (χ0v) is 13.6. The van der Waals surface area contributed by atoms with Crippen molar-refractivity contribution in [3.63, 3.8) is 0 Å². The molecule has 0 aliphatic rings. The molecule has 8 heteroatoms. The van der Waals surface area contributed by atoms with Crippen molar-refractivity contribution < 1.29 is 18.5 Å². The summed E-state index contributed by atoms with van der Waals surface area (Å²) in [6.07, 6.45) is 0. The third-order valence-electron chi connectivity index (χ3n) is 3.44. The summed E-state index contributed by atoms with van der Waals surface area (Å²) in [5.74, 6) is -1.31. The van der Waals surface area contributed by atoms with Gasteiger partial charge in [-0.1, -0.05) is 41.6 Å². The zero-order chi connectivity index (χ0) is 18.4. The average Bonchev–Trinajstić information content (AvgIpc) is 3.16. The fourth-order valence-corrected chi connectivity index (χ4v) is 2.18. The van der Waals surface area contributed by atoms with Crippen LogP contribution in [0.2, 0.25) is 0 Å². The van der Waals surface area contributed by atoms with Gasteiger partial charge in [0.2, 0.25) is 5.82 Å². The lowest BCUT2D eigenvalue weighted by Gasteiger charge is -2.05. The van der Waals surface area contributed by atoms with Crippen LogP contribution in [-0.4, -0.2) is 35.0 Å². The van der Waals surface area contributed by atoms with Crippen molar-refractivity contribution >= 4 is 11.8 Å². The van der Waals surface area contributed by atoms with E-state index < -0.39 is 17.6 Å². The molecule has 2 amide bonds. The van der Waals surface area contributed by atoms with Gasteiger partial charge in [-0.05, 0) is 18.2 Å². The summed E-state index contributed by atoms with van der Waals surface area (Å²) in [4.78, 5) is 27.9. The van der Waals surface area contributed by atoms with Gasteiger partial charge in [-0.25, -0.2) is 4.39 Å². The van der Waals surface area contributed by atoms with E-state index in [4.69, 9.17) is 4.52 Å². The molecule has 0 bridgehead atoms. The van der Waals surface area contributed by atoms with Crippen molar-refractivity contribution in [3.05, 3.63) is 71.9 Å². The quantitative estimate of drug-likeness (QED) is 0.660. The molecule has 132 valence electrons. The molecule has 7 nitrogen and oxygen atoms in total. The highest BCUT2D eigenvalue weighted by Gasteiger charge is 2.15. The van der Waals surface area contributed by atoms with Crippen LogP contribution in [0.5, 0.6) is 0 Å². The van der Waals surface area contributed by atoms with E-state index in [0.29, 0.717) is 5.82 Å². The second-order valence-corrected chi connectivity index (χ2v) is 5.31. The second-order valence-electron chi connectivity index (χ2n) is 5.31. The Kier molecular flexibility index (Phi) is 5.33. The van der Waals surface area contributed by atoms with Crippen molar-refractivity contribution in [1.82, 2.24) is 20.8 Å². The largest absolute Gasteiger partial charge is 0.350 e. The molecule has 2 aromatic carbocycles. The molecule has 0 atom stereocenters. The lowest BCUT2D eigenvalue weighted by atomic mass is 10.2. The molecule has 2 N–H and O–H groups in total. The van der Waals surface area contributed by atoms with Gasteiger partial charge in [-0.2, -0.15) is 4.98 Å². The fraction of sp³-hybridized carbons (Fsp3) is 0.111.